The molecular weight excluding hydrogens is 354 g/mol. The van der Waals surface area contributed by atoms with Crippen LogP contribution in [0.2, 0.25) is 0 Å². The van der Waals surface area contributed by atoms with Gasteiger partial charge in [-0.25, -0.2) is 4.98 Å². The average Bonchev–Trinajstić information content (AvgIpc) is 3.09. The fourth-order valence-corrected chi connectivity index (χ4v) is 3.80. The van der Waals surface area contributed by atoms with Crippen molar-refractivity contribution in [3.8, 4) is 16.9 Å². The summed E-state index contributed by atoms with van der Waals surface area (Å²) in [5.74, 6) is 0.899. The highest BCUT2D eigenvalue weighted by atomic mass is 32.1. The zero-order valence-corrected chi connectivity index (χ0v) is 16.2. The minimum Gasteiger partial charge on any atom is -0.491 e. The number of hydrogen-bond donors (Lipinski definition) is 1. The molecule has 0 saturated carbocycles. The predicted molar refractivity (Wildman–Crippen MR) is 112 cm³/mol. The van der Waals surface area contributed by atoms with Gasteiger partial charge in [0.1, 0.15) is 5.75 Å². The lowest BCUT2D eigenvalue weighted by atomic mass is 10.1. The zero-order chi connectivity index (χ0) is 18.6. The lowest BCUT2D eigenvalue weighted by Crippen LogP contribution is -2.06. The first-order chi connectivity index (χ1) is 13.2. The first-order valence-corrected chi connectivity index (χ1v) is 9.79. The smallest absolute Gasteiger partial charge is 0.184 e. The Bertz CT molecular complexity index is 1040. The quantitative estimate of drug-likeness (QED) is 0.465. The van der Waals surface area contributed by atoms with Crippen LogP contribution < -0.4 is 10.1 Å². The molecule has 0 atom stereocenters. The van der Waals surface area contributed by atoms with Crippen molar-refractivity contribution in [3.63, 3.8) is 0 Å². The molecule has 2 aromatic carbocycles. The van der Waals surface area contributed by atoms with E-state index >= 15 is 0 Å². The van der Waals surface area contributed by atoms with Crippen LogP contribution in [0.25, 0.3) is 21.3 Å². The molecule has 0 unspecified atom stereocenters. The third-order valence-electron chi connectivity index (χ3n) is 4.12. The highest BCUT2D eigenvalue weighted by Crippen LogP contribution is 2.30. The Morgan fingerprint density at radius 1 is 1.00 bits per heavy atom. The van der Waals surface area contributed by atoms with E-state index in [1.807, 2.05) is 50.5 Å². The van der Waals surface area contributed by atoms with Gasteiger partial charge in [0.25, 0.3) is 0 Å². The minimum atomic E-state index is 0.173. The summed E-state index contributed by atoms with van der Waals surface area (Å²) in [7, 11) is 0. The Morgan fingerprint density at radius 3 is 2.67 bits per heavy atom. The normalized spacial score (nSPS) is 11.1. The molecule has 0 aliphatic carbocycles. The molecule has 0 fully saturated rings. The summed E-state index contributed by atoms with van der Waals surface area (Å²) in [6.45, 7) is 4.78. The number of rotatable bonds is 6. The van der Waals surface area contributed by atoms with Crippen LogP contribution in [-0.4, -0.2) is 16.1 Å². The van der Waals surface area contributed by atoms with Crippen molar-refractivity contribution in [1.29, 1.82) is 0 Å². The first kappa shape index (κ1) is 17.5. The predicted octanol–water partition coefficient (Wildman–Crippen LogP) is 5.76. The van der Waals surface area contributed by atoms with Gasteiger partial charge in [0, 0.05) is 18.9 Å². The molecule has 2 aromatic heterocycles. The van der Waals surface area contributed by atoms with Gasteiger partial charge >= 0.3 is 0 Å². The summed E-state index contributed by atoms with van der Waals surface area (Å²) >= 11 is 1.67. The molecule has 4 rings (SSSR count). The Balaban J connectivity index is 1.50. The van der Waals surface area contributed by atoms with Crippen molar-refractivity contribution in [2.75, 3.05) is 5.32 Å². The van der Waals surface area contributed by atoms with Crippen LogP contribution in [0.5, 0.6) is 5.75 Å². The van der Waals surface area contributed by atoms with E-state index in [1.165, 1.54) is 15.8 Å². The van der Waals surface area contributed by atoms with E-state index in [1.54, 1.807) is 11.3 Å². The maximum atomic E-state index is 5.76. The highest BCUT2D eigenvalue weighted by molar-refractivity contribution is 7.22. The number of benzene rings is 2. The second kappa shape index (κ2) is 7.76. The number of aromatic nitrogens is 2. The van der Waals surface area contributed by atoms with Crippen LogP contribution >= 0.6 is 11.3 Å². The van der Waals surface area contributed by atoms with Crippen molar-refractivity contribution < 1.29 is 4.74 Å². The number of pyridine rings is 1. The summed E-state index contributed by atoms with van der Waals surface area (Å²) < 4.78 is 6.93. The summed E-state index contributed by atoms with van der Waals surface area (Å²) in [5.41, 5.74) is 4.53. The largest absolute Gasteiger partial charge is 0.491 e. The van der Waals surface area contributed by atoms with E-state index in [0.717, 1.165) is 22.0 Å². The number of nitrogens with one attached hydrogen (secondary N) is 1. The van der Waals surface area contributed by atoms with Gasteiger partial charge in [0.15, 0.2) is 5.13 Å². The number of hydrogen-bond acceptors (Lipinski definition) is 5. The molecule has 2 heterocycles. The van der Waals surface area contributed by atoms with Crippen molar-refractivity contribution in [2.24, 2.45) is 0 Å². The van der Waals surface area contributed by atoms with Crippen LogP contribution in [0.4, 0.5) is 5.13 Å². The molecule has 0 bridgehead atoms. The molecule has 5 heteroatoms. The molecule has 1 N–H and O–H groups in total. The van der Waals surface area contributed by atoms with Crippen molar-refractivity contribution in [1.82, 2.24) is 9.97 Å². The first-order valence-electron chi connectivity index (χ1n) is 8.98. The Morgan fingerprint density at radius 2 is 1.85 bits per heavy atom. The highest BCUT2D eigenvalue weighted by Gasteiger charge is 2.06. The van der Waals surface area contributed by atoms with E-state index in [-0.39, 0.29) is 6.10 Å². The SMILES string of the molecule is CC(C)Oc1cccc(CNc2nc3ccc(-c4ccncc4)cc3s2)c1. The van der Waals surface area contributed by atoms with Crippen molar-refractivity contribution in [3.05, 3.63) is 72.6 Å². The van der Waals surface area contributed by atoms with Gasteiger partial charge in [-0.15, -0.1) is 0 Å². The monoisotopic (exact) mass is 375 g/mol. The van der Waals surface area contributed by atoms with Crippen molar-refractivity contribution >= 4 is 26.7 Å². The fraction of sp³-hybridized carbons (Fsp3) is 0.182. The molecule has 27 heavy (non-hydrogen) atoms. The number of anilines is 1. The summed E-state index contributed by atoms with van der Waals surface area (Å²) in [6.07, 6.45) is 3.80. The van der Waals surface area contributed by atoms with Gasteiger partial charge in [-0.1, -0.05) is 29.5 Å². The molecule has 0 aliphatic heterocycles. The van der Waals surface area contributed by atoms with Gasteiger partial charge < -0.3 is 10.1 Å². The standard InChI is InChI=1S/C22H21N3OS/c1-15(2)26-19-5-3-4-16(12-19)14-24-22-25-20-7-6-18(13-21(20)27-22)17-8-10-23-11-9-17/h3-13,15H,14H2,1-2H3,(H,24,25). The van der Waals surface area contributed by atoms with Gasteiger partial charge in [-0.2, -0.15) is 0 Å². The van der Waals surface area contributed by atoms with Crippen LogP contribution in [-0.2, 0) is 6.54 Å². The molecule has 0 amide bonds. The van der Waals surface area contributed by atoms with Gasteiger partial charge in [-0.3, -0.25) is 4.98 Å². The van der Waals surface area contributed by atoms with E-state index in [9.17, 15) is 0 Å². The molecule has 0 spiro atoms. The number of nitrogens with zero attached hydrogens (tertiary/aromatic N) is 2. The Kier molecular flexibility index (Phi) is 5.03. The Labute approximate surface area is 162 Å². The van der Waals surface area contributed by atoms with E-state index in [4.69, 9.17) is 9.72 Å². The van der Waals surface area contributed by atoms with E-state index < -0.39 is 0 Å². The van der Waals surface area contributed by atoms with Crippen LogP contribution in [0.3, 0.4) is 0 Å². The third-order valence-corrected chi connectivity index (χ3v) is 5.09. The second-order valence-electron chi connectivity index (χ2n) is 6.60. The summed E-state index contributed by atoms with van der Waals surface area (Å²) in [5, 5.41) is 4.36. The van der Waals surface area contributed by atoms with Gasteiger partial charge in [-0.05, 0) is 66.9 Å². The van der Waals surface area contributed by atoms with Gasteiger partial charge in [0.05, 0.1) is 16.3 Å². The molecular formula is C22H21N3OS. The third kappa shape index (κ3) is 4.26. The van der Waals surface area contributed by atoms with Crippen molar-refractivity contribution in [2.45, 2.75) is 26.5 Å². The Hall–Kier alpha value is -2.92. The molecule has 4 aromatic rings. The fourth-order valence-electron chi connectivity index (χ4n) is 2.90. The molecule has 4 nitrogen and oxygen atoms in total. The number of fused-ring (bicyclic) bond motifs is 1. The topological polar surface area (TPSA) is 47.0 Å². The van der Waals surface area contributed by atoms with Crippen LogP contribution in [0.15, 0.2) is 67.0 Å². The van der Waals surface area contributed by atoms with E-state index in [2.05, 4.69) is 40.6 Å². The maximum absolute atomic E-state index is 5.76. The van der Waals surface area contributed by atoms with Crippen LogP contribution in [0, 0.1) is 0 Å². The maximum Gasteiger partial charge on any atom is 0.184 e. The number of ether oxygens (including phenoxy) is 1. The van der Waals surface area contributed by atoms with E-state index in [0.29, 0.717) is 6.54 Å². The second-order valence-corrected chi connectivity index (χ2v) is 7.64. The number of thiazole rings is 1. The molecule has 136 valence electrons. The minimum absolute atomic E-state index is 0.173. The molecule has 0 saturated heterocycles. The summed E-state index contributed by atoms with van der Waals surface area (Å²) in [6, 6.07) is 18.6. The lowest BCUT2D eigenvalue weighted by Gasteiger charge is -2.11. The zero-order valence-electron chi connectivity index (χ0n) is 15.3. The van der Waals surface area contributed by atoms with Gasteiger partial charge in [0.2, 0.25) is 0 Å². The molecule has 0 radical (unpaired) electrons. The lowest BCUT2D eigenvalue weighted by molar-refractivity contribution is 0.242. The van der Waals surface area contributed by atoms with Crippen LogP contribution in [0.1, 0.15) is 19.4 Å². The molecule has 0 aliphatic rings. The summed E-state index contributed by atoms with van der Waals surface area (Å²) in [4.78, 5) is 8.78. The average molecular weight is 375 g/mol.